The number of aliphatic hydroxyl groups is 2. The SMILES string of the molecule is C=CCOC12Oc3ccc(OCc4ccccc4F)cc3C3C(CCCCO)C(CCCCO)C=C(C(=NOC)CC1N(C)C(=O)Oc1ccc([N+](=O)[O-])cc1)C32. The van der Waals surface area contributed by atoms with Crippen LogP contribution < -0.4 is 14.2 Å². The third-order valence-corrected chi connectivity index (χ3v) is 11.2. The Balaban J connectivity index is 1.49. The van der Waals surface area contributed by atoms with Gasteiger partial charge in [-0.2, -0.15) is 0 Å². The Kier molecular flexibility index (Phi) is 13.6. The lowest BCUT2D eigenvalue weighted by Gasteiger charge is -2.59. The lowest BCUT2D eigenvalue weighted by molar-refractivity contribution is -0.384. The molecule has 6 rings (SSSR count). The van der Waals surface area contributed by atoms with Gasteiger partial charge in [0.25, 0.3) is 5.69 Å². The van der Waals surface area contributed by atoms with Crippen LogP contribution in [0.15, 0.2) is 96.2 Å². The van der Waals surface area contributed by atoms with E-state index in [-0.39, 0.29) is 67.9 Å². The van der Waals surface area contributed by atoms with E-state index in [2.05, 4.69) is 17.8 Å². The second-order valence-electron chi connectivity index (χ2n) is 14.6. The zero-order chi connectivity index (χ0) is 40.5. The second-order valence-corrected chi connectivity index (χ2v) is 14.6. The molecular formula is C43H50FN3O10. The first kappa shape index (κ1) is 41.3. The predicted molar refractivity (Wildman–Crippen MR) is 210 cm³/mol. The van der Waals surface area contributed by atoms with Crippen LogP contribution in [0.5, 0.6) is 17.2 Å². The quantitative estimate of drug-likeness (QED) is 0.0565. The predicted octanol–water partition coefficient (Wildman–Crippen LogP) is 7.71. The molecular weight excluding hydrogens is 737 g/mol. The molecule has 0 radical (unpaired) electrons. The molecule has 14 heteroatoms. The van der Waals surface area contributed by atoms with Crippen molar-refractivity contribution >= 4 is 17.5 Å². The van der Waals surface area contributed by atoms with E-state index in [1.165, 1.54) is 42.3 Å². The fourth-order valence-corrected chi connectivity index (χ4v) is 8.64. The highest BCUT2D eigenvalue weighted by Crippen LogP contribution is 2.61. The molecule has 13 nitrogen and oxygen atoms in total. The number of halogens is 1. The summed E-state index contributed by atoms with van der Waals surface area (Å²) in [6.45, 7) is 4.13. The Hall–Kier alpha value is -5.31. The van der Waals surface area contributed by atoms with Gasteiger partial charge >= 0.3 is 6.09 Å². The Labute approximate surface area is 331 Å². The average molecular weight is 788 g/mol. The van der Waals surface area contributed by atoms with Crippen molar-refractivity contribution < 1.29 is 48.1 Å². The van der Waals surface area contributed by atoms with E-state index in [0.29, 0.717) is 35.6 Å². The van der Waals surface area contributed by atoms with Gasteiger partial charge in [0.1, 0.15) is 42.8 Å². The third-order valence-electron chi connectivity index (χ3n) is 11.2. The number of hydrogen-bond donors (Lipinski definition) is 2. The number of non-ortho nitro benzene ring substituents is 1. The maximum atomic E-state index is 14.6. The largest absolute Gasteiger partial charge is 0.489 e. The fourth-order valence-electron chi connectivity index (χ4n) is 8.64. The van der Waals surface area contributed by atoms with Gasteiger partial charge in [-0.3, -0.25) is 10.1 Å². The molecule has 1 fully saturated rings. The van der Waals surface area contributed by atoms with Crippen molar-refractivity contribution in [3.05, 3.63) is 118 Å². The minimum atomic E-state index is -1.51. The number of oxime groups is 1. The topological polar surface area (TPSA) is 162 Å². The summed E-state index contributed by atoms with van der Waals surface area (Å²) >= 11 is 0. The molecule has 1 amide bonds. The average Bonchev–Trinajstić information content (AvgIpc) is 3.21. The van der Waals surface area contributed by atoms with Crippen LogP contribution in [0.25, 0.3) is 0 Å². The summed E-state index contributed by atoms with van der Waals surface area (Å²) < 4.78 is 40.5. The lowest BCUT2D eigenvalue weighted by atomic mass is 9.55. The van der Waals surface area contributed by atoms with E-state index in [1.807, 2.05) is 12.1 Å². The van der Waals surface area contributed by atoms with Gasteiger partial charge in [-0.15, -0.1) is 6.58 Å². The number of amides is 1. The van der Waals surface area contributed by atoms with Gasteiger partial charge in [0.15, 0.2) is 0 Å². The molecule has 2 N–H and O–H groups in total. The molecule has 0 bridgehead atoms. The van der Waals surface area contributed by atoms with Gasteiger partial charge < -0.3 is 38.9 Å². The molecule has 1 aliphatic heterocycles. The van der Waals surface area contributed by atoms with E-state index >= 15 is 0 Å². The van der Waals surface area contributed by atoms with Crippen molar-refractivity contribution in [3.63, 3.8) is 0 Å². The Morgan fingerprint density at radius 1 is 1.07 bits per heavy atom. The standard InChI is InChI=1S/C43H50FN3O10/c1-4-23-55-43-39(46(2)42(50)56-31-17-15-30(16-18-31)47(51)52)26-37(45-53-3)34-24-28(11-7-9-21-48)33(13-8-10-22-49)40(41(34)43)35-25-32(19-20-38(35)57-43)54-27-29-12-5-6-14-36(29)44/h4-6,12,14-20,24-25,28,33,39-41,48-49H,1,7-11,13,21-23,26-27H2,2-3H3. The minimum Gasteiger partial charge on any atom is -0.489 e. The highest BCUT2D eigenvalue weighted by molar-refractivity contribution is 6.03. The summed E-state index contributed by atoms with van der Waals surface area (Å²) in [6.07, 6.45) is 7.55. The number of nitrogens with zero attached hydrogens (tertiary/aromatic N) is 3. The number of carbonyl (C=O) groups excluding carboxylic acids is 1. The van der Waals surface area contributed by atoms with Crippen molar-refractivity contribution in [2.75, 3.05) is 34.0 Å². The summed E-state index contributed by atoms with van der Waals surface area (Å²) in [5.41, 5.74) is 2.58. The fraction of sp³-hybridized carbons (Fsp3) is 0.442. The Morgan fingerprint density at radius 3 is 2.47 bits per heavy atom. The maximum absolute atomic E-state index is 14.6. The number of allylic oxidation sites excluding steroid dienone is 1. The van der Waals surface area contributed by atoms with E-state index in [4.69, 9.17) is 23.8 Å². The Morgan fingerprint density at radius 2 is 1.79 bits per heavy atom. The number of rotatable bonds is 18. The molecule has 6 atom stereocenters. The number of aliphatic hydroxyl groups excluding tert-OH is 2. The number of carbonyl (C=O) groups is 1. The van der Waals surface area contributed by atoms with Gasteiger partial charge in [-0.25, -0.2) is 9.18 Å². The molecule has 0 spiro atoms. The van der Waals surface area contributed by atoms with Crippen LogP contribution in [0.1, 0.15) is 62.0 Å². The molecule has 3 aromatic carbocycles. The molecule has 0 aromatic heterocycles. The number of fused-ring (bicyclic) bond motifs is 2. The van der Waals surface area contributed by atoms with Crippen molar-refractivity contribution in [1.82, 2.24) is 4.90 Å². The molecule has 57 heavy (non-hydrogen) atoms. The zero-order valence-corrected chi connectivity index (χ0v) is 32.3. The van der Waals surface area contributed by atoms with Crippen LogP contribution in [0, 0.1) is 33.7 Å². The van der Waals surface area contributed by atoms with Gasteiger partial charge in [0.2, 0.25) is 5.79 Å². The molecule has 2 aliphatic carbocycles. The first-order chi connectivity index (χ1) is 27.6. The maximum Gasteiger partial charge on any atom is 0.415 e. The number of nitro groups is 1. The normalized spacial score (nSPS) is 24.0. The number of ether oxygens (including phenoxy) is 4. The molecule has 3 aromatic rings. The molecule has 1 saturated carbocycles. The van der Waals surface area contributed by atoms with Gasteiger partial charge in [-0.1, -0.05) is 48.3 Å². The summed E-state index contributed by atoms with van der Waals surface area (Å²) in [5, 5.41) is 35.4. The molecule has 0 saturated heterocycles. The number of hydrogen-bond acceptors (Lipinski definition) is 11. The highest BCUT2D eigenvalue weighted by Gasteiger charge is 2.65. The number of unbranched alkanes of at least 4 members (excludes halogenated alkanes) is 2. The van der Waals surface area contributed by atoms with Gasteiger partial charge in [0.05, 0.1) is 23.2 Å². The first-order valence-corrected chi connectivity index (χ1v) is 19.3. The molecule has 6 unspecified atom stereocenters. The van der Waals surface area contributed by atoms with E-state index in [0.717, 1.165) is 36.8 Å². The second kappa shape index (κ2) is 18.8. The monoisotopic (exact) mass is 787 g/mol. The van der Waals surface area contributed by atoms with Crippen LogP contribution >= 0.6 is 0 Å². The summed E-state index contributed by atoms with van der Waals surface area (Å²) in [4.78, 5) is 31.6. The number of benzene rings is 3. The smallest absolute Gasteiger partial charge is 0.415 e. The lowest BCUT2D eigenvalue weighted by Crippen LogP contribution is -2.69. The molecule has 3 aliphatic rings. The molecule has 1 heterocycles. The number of likely N-dealkylation sites (N-methyl/N-ethyl adjacent to an activating group) is 1. The Bertz CT molecular complexity index is 1960. The summed E-state index contributed by atoms with van der Waals surface area (Å²) in [5.74, 6) is -1.55. The van der Waals surface area contributed by atoms with E-state index in [1.54, 1.807) is 37.4 Å². The zero-order valence-electron chi connectivity index (χ0n) is 32.3. The van der Waals surface area contributed by atoms with Crippen molar-refractivity contribution in [1.29, 1.82) is 0 Å². The van der Waals surface area contributed by atoms with Crippen LogP contribution in [-0.2, 0) is 16.2 Å². The van der Waals surface area contributed by atoms with Crippen LogP contribution in [0.4, 0.5) is 14.9 Å². The molecule has 304 valence electrons. The van der Waals surface area contributed by atoms with E-state index < -0.39 is 28.8 Å². The van der Waals surface area contributed by atoms with Gasteiger partial charge in [0, 0.05) is 55.9 Å². The van der Waals surface area contributed by atoms with Crippen molar-refractivity contribution in [2.24, 2.45) is 22.9 Å². The summed E-state index contributed by atoms with van der Waals surface area (Å²) in [7, 11) is 3.05. The summed E-state index contributed by atoms with van der Waals surface area (Å²) in [6, 6.07) is 16.4. The van der Waals surface area contributed by atoms with E-state index in [9.17, 15) is 29.5 Å². The van der Waals surface area contributed by atoms with Crippen LogP contribution in [0.3, 0.4) is 0 Å². The minimum absolute atomic E-state index is 0.00997. The number of nitro benzene ring substituents is 1. The van der Waals surface area contributed by atoms with Crippen molar-refractivity contribution in [3.8, 4) is 17.2 Å². The van der Waals surface area contributed by atoms with Crippen LogP contribution in [0.2, 0.25) is 0 Å². The third kappa shape index (κ3) is 8.83. The van der Waals surface area contributed by atoms with Gasteiger partial charge in [-0.05, 0) is 79.5 Å². The highest BCUT2D eigenvalue weighted by atomic mass is 19.1. The van der Waals surface area contributed by atoms with Crippen molar-refractivity contribution in [2.45, 2.75) is 69.3 Å². The first-order valence-electron chi connectivity index (χ1n) is 19.3. The van der Waals surface area contributed by atoms with Crippen LogP contribution in [-0.4, -0.2) is 77.6 Å².